The fourth-order valence-electron chi connectivity index (χ4n) is 5.96. The van der Waals surface area contributed by atoms with Crippen molar-refractivity contribution >= 4 is 0 Å². The molecule has 0 aromatic heterocycles. The average molecular weight is 1800 g/mol. The molecule has 0 radical (unpaired) electrons. The molecule has 41 heteroatoms. The third-order valence-electron chi connectivity index (χ3n) is 8.65. The molecule has 77 heavy (non-hydrogen) atoms. The van der Waals surface area contributed by atoms with Gasteiger partial charge in [-0.1, -0.05) is 175 Å². The second-order valence-electron chi connectivity index (χ2n) is 15.8. The summed E-state index contributed by atoms with van der Waals surface area (Å²) in [7, 11) is 0. The van der Waals surface area contributed by atoms with Crippen LogP contribution >= 0.6 is 0 Å². The summed E-state index contributed by atoms with van der Waals surface area (Å²) < 4.78 is 276. The molecule has 0 unspecified atom stereocenters. The van der Waals surface area contributed by atoms with Crippen LogP contribution in [0.2, 0.25) is 0 Å². The van der Waals surface area contributed by atoms with Crippen molar-refractivity contribution in [2.24, 2.45) is 0 Å². The third kappa shape index (κ3) is 314. The summed E-state index contributed by atoms with van der Waals surface area (Å²) in [5.41, 5.74) is 0. The van der Waals surface area contributed by atoms with Crippen LogP contribution < -0.4 is 65.1 Å². The van der Waals surface area contributed by atoms with Gasteiger partial charge in [0.2, 0.25) is 0 Å². The van der Waals surface area contributed by atoms with E-state index in [1.54, 1.807) is 0 Å². The molecular formula is C36H76Mo8NO32-15. The van der Waals surface area contributed by atoms with E-state index in [0.29, 0.717) is 0 Å². The predicted molar refractivity (Wildman–Crippen MR) is 182 cm³/mol. The second-order valence-corrected chi connectivity index (χ2v) is 31.9. The Bertz CT molecular complexity index is 1700. The van der Waals surface area contributed by atoms with Gasteiger partial charge in [-0.25, -0.2) is 0 Å². The Morgan fingerprint density at radius 2 is 0.260 bits per heavy atom. The van der Waals surface area contributed by atoms with E-state index in [1.165, 1.54) is 212 Å². The maximum absolute atomic E-state index is 8.63. The van der Waals surface area contributed by atoms with Gasteiger partial charge in [0.05, 0.1) is 19.6 Å². The molecule has 0 aromatic rings. The molecule has 0 amide bonds. The molecule has 0 bridgehead atoms. The molecule has 33 nitrogen and oxygen atoms in total. The second kappa shape index (κ2) is 62.2. The van der Waals surface area contributed by atoms with E-state index in [1.807, 2.05) is 4.90 Å². The fraction of sp³-hybridized carbons (Fsp3) is 1.00. The summed E-state index contributed by atoms with van der Waals surface area (Å²) in [5.74, 6) is 0. The number of quaternary nitrogens is 1. The van der Waals surface area contributed by atoms with Crippen LogP contribution in [0.25, 0.3) is 0 Å². The van der Waals surface area contributed by atoms with Crippen molar-refractivity contribution in [1.82, 2.24) is 0 Å². The van der Waals surface area contributed by atoms with Crippen LogP contribution in [0.5, 0.6) is 0 Å². The zero-order valence-corrected chi connectivity index (χ0v) is 59.2. The first-order valence-electron chi connectivity index (χ1n) is 23.5. The Morgan fingerprint density at radius 1 is 0.182 bits per heavy atom. The van der Waals surface area contributed by atoms with Gasteiger partial charge in [0.1, 0.15) is 0 Å². The van der Waals surface area contributed by atoms with E-state index in [-0.39, 0.29) is 0 Å². The zero-order chi connectivity index (χ0) is 62.9. The van der Waals surface area contributed by atoms with Crippen molar-refractivity contribution in [2.75, 3.05) is 19.6 Å². The maximum atomic E-state index is 8.63. The van der Waals surface area contributed by atoms with E-state index >= 15 is 0 Å². The minimum atomic E-state index is -6.02. The molecule has 0 aliphatic rings. The van der Waals surface area contributed by atoms with E-state index in [9.17, 15) is 0 Å². The molecule has 0 rings (SSSR count). The Labute approximate surface area is 480 Å². The molecule has 0 saturated heterocycles. The van der Waals surface area contributed by atoms with Crippen LogP contribution in [-0.2, 0) is 188 Å². The van der Waals surface area contributed by atoms with Crippen LogP contribution in [0.4, 0.5) is 0 Å². The van der Waals surface area contributed by atoms with Crippen molar-refractivity contribution < 1.29 is 253 Å². The Hall–Kier alpha value is 1.63. The van der Waals surface area contributed by atoms with Crippen LogP contribution in [0, 0.1) is 0 Å². The van der Waals surface area contributed by atoms with Gasteiger partial charge in [0.25, 0.3) is 0 Å². The van der Waals surface area contributed by atoms with Gasteiger partial charge in [0.15, 0.2) is 0 Å². The van der Waals surface area contributed by atoms with E-state index in [4.69, 9.17) is 115 Å². The molecule has 0 heterocycles. The standard InChI is InChI=1S/C36H75N.8Mo.32O/c1-4-7-10-13-16-19-22-25-28-31-34-37(35-32-29-26-23-20-17-14-11-8-5-2)36-33-30-27-24-21-18-15-12-9-6-3;;;;;;;;;;;;;;;;;;;;;;;;;;;;;;;;;;;;;;;;/h4-36H2,1-3H3;;;;;;;;;;;;;;;;;;;;;;;;;;;;;;;;;;;;;;;;/q;;;;;;;;;;;;;;;;;;;;;;;;;16*-1/p+1. The Kier molecular flexibility index (Phi) is 78.9. The average Bonchev–Trinajstić information content (AvgIpc) is 3.14. The van der Waals surface area contributed by atoms with Crippen LogP contribution in [0.15, 0.2) is 0 Å². The molecule has 0 atom stereocenters. The first kappa shape index (κ1) is 97.7. The van der Waals surface area contributed by atoms with Gasteiger partial charge >= 0.3 is 248 Å². The van der Waals surface area contributed by atoms with E-state index in [0.717, 1.165) is 0 Å². The minimum absolute atomic E-state index is 1.37. The number of rotatable bonds is 33. The van der Waals surface area contributed by atoms with Gasteiger partial charge in [-0.15, -0.1) is 0 Å². The molecule has 480 valence electrons. The third-order valence-corrected chi connectivity index (χ3v) is 8.65. The topological polar surface area (TPSA) is 647 Å². The molecule has 0 aliphatic heterocycles. The van der Waals surface area contributed by atoms with Gasteiger partial charge < -0.3 is 4.90 Å². The van der Waals surface area contributed by atoms with Crippen molar-refractivity contribution in [1.29, 1.82) is 0 Å². The molecule has 0 fully saturated rings. The van der Waals surface area contributed by atoms with Gasteiger partial charge in [0, 0.05) is 0 Å². The summed E-state index contributed by atoms with van der Waals surface area (Å²) in [6.45, 7) is 11.3. The van der Waals surface area contributed by atoms with E-state index in [2.05, 4.69) is 20.8 Å². The van der Waals surface area contributed by atoms with Gasteiger partial charge in [-0.3, -0.25) is 0 Å². The fourth-order valence-corrected chi connectivity index (χ4v) is 5.96. The summed E-state index contributed by atoms with van der Waals surface area (Å²) in [4.78, 5) is 1.94. The molecule has 0 saturated carbocycles. The molecule has 0 aliphatic carbocycles. The monoisotopic (exact) mass is 1820 g/mol. The Morgan fingerprint density at radius 3 is 0.351 bits per heavy atom. The van der Waals surface area contributed by atoms with Gasteiger partial charge in [-0.05, 0) is 38.5 Å². The quantitative estimate of drug-likeness (QED) is 0.0471. The van der Waals surface area contributed by atoms with Crippen molar-refractivity contribution in [3.8, 4) is 0 Å². The number of hydrogen-bond acceptors (Lipinski definition) is 32. The molecular weight excluding hydrogens is 1730 g/mol. The molecule has 0 aromatic carbocycles. The SMILES string of the molecule is CCCCCCCCCCCC[NH+](CCCCCCCCCCCC)CCCCCCCCCCCC.[O]=[Mo](=[O])([O-])[O-].[O]=[Mo](=[O])([O-])[O-].[O]=[Mo](=[O])([O-])[O-].[O]=[Mo](=[O])([O-])[O-].[O]=[Mo](=[O])([O-])[O-].[O]=[Mo](=[O])([O-])[O-].[O]=[Mo](=[O])([O-])[O-].[O]=[Mo](=[O])([O-])[O-]. The van der Waals surface area contributed by atoms with Crippen molar-refractivity contribution in [2.45, 2.75) is 213 Å². The van der Waals surface area contributed by atoms with Crippen LogP contribution in [-0.4, -0.2) is 19.6 Å². The Balaban J connectivity index is -0.000000131. The summed E-state index contributed by atoms with van der Waals surface area (Å²) in [6.07, 6.45) is 43.9. The number of hydrogen-bond donors (Lipinski definition) is 1. The predicted octanol–water partition coefficient (Wildman–Crippen LogP) is -9.31. The number of unbranched alkanes of at least 4 members (excludes halogenated alkanes) is 27. The first-order valence-corrected chi connectivity index (χ1v) is 49.7. The zero-order valence-electron chi connectivity index (χ0n) is 43.2. The van der Waals surface area contributed by atoms with Crippen LogP contribution in [0.1, 0.15) is 213 Å². The normalized spacial score (nSPS) is 11.6. The van der Waals surface area contributed by atoms with Crippen LogP contribution in [0.3, 0.4) is 0 Å². The van der Waals surface area contributed by atoms with Crippen molar-refractivity contribution in [3.63, 3.8) is 0 Å². The summed E-state index contributed by atoms with van der Waals surface area (Å²) >= 11 is -48.2. The summed E-state index contributed by atoms with van der Waals surface area (Å²) in [6, 6.07) is 0. The molecule has 0 spiro atoms. The first-order chi connectivity index (χ1) is 34.3. The van der Waals surface area contributed by atoms with Gasteiger partial charge in [-0.2, -0.15) is 0 Å². The summed E-state index contributed by atoms with van der Waals surface area (Å²) in [5, 5.41) is 0. The van der Waals surface area contributed by atoms with E-state index < -0.39 is 134 Å². The number of nitrogens with one attached hydrogen (secondary N) is 1. The molecule has 1 N–H and O–H groups in total. The van der Waals surface area contributed by atoms with Crippen molar-refractivity contribution in [3.05, 3.63) is 0 Å².